The normalized spacial score (nSPS) is 14.5. The van der Waals surface area contributed by atoms with E-state index < -0.39 is 6.10 Å². The van der Waals surface area contributed by atoms with E-state index in [1.165, 1.54) is 0 Å². The minimum atomic E-state index is -0.404. The van der Waals surface area contributed by atoms with Crippen molar-refractivity contribution in [1.29, 1.82) is 0 Å². The number of rotatable bonds is 6. The van der Waals surface area contributed by atoms with E-state index in [-0.39, 0.29) is 6.10 Å². The summed E-state index contributed by atoms with van der Waals surface area (Å²) in [6.45, 7) is 6.04. The fourth-order valence-corrected chi connectivity index (χ4v) is 2.89. The number of aromatic nitrogens is 1. The Kier molecular flexibility index (Phi) is 4.77. The predicted octanol–water partition coefficient (Wildman–Crippen LogP) is 3.92. The van der Waals surface area contributed by atoms with Crippen LogP contribution in [0.2, 0.25) is 0 Å². The summed E-state index contributed by atoms with van der Waals surface area (Å²) in [5.41, 5.74) is 1.01. The lowest BCUT2D eigenvalue weighted by atomic mass is 10.1. The molecule has 2 atom stereocenters. The van der Waals surface area contributed by atoms with Gasteiger partial charge in [-0.25, -0.2) is 4.98 Å². The second kappa shape index (κ2) is 6.35. The van der Waals surface area contributed by atoms with Crippen molar-refractivity contribution in [1.82, 2.24) is 4.98 Å². The van der Waals surface area contributed by atoms with Gasteiger partial charge >= 0.3 is 0 Å². The van der Waals surface area contributed by atoms with E-state index in [4.69, 9.17) is 4.74 Å². The number of thiazole rings is 1. The molecule has 104 valence electrons. The summed E-state index contributed by atoms with van der Waals surface area (Å²) < 4.78 is 6.95. The summed E-state index contributed by atoms with van der Waals surface area (Å²) >= 11 is 1.66. The Balaban J connectivity index is 2.03. The van der Waals surface area contributed by atoms with Crippen molar-refractivity contribution < 1.29 is 9.84 Å². The molecule has 1 aromatic carbocycles. The van der Waals surface area contributed by atoms with Gasteiger partial charge in [-0.1, -0.05) is 19.8 Å². The summed E-state index contributed by atoms with van der Waals surface area (Å²) in [6, 6.07) is 5.90. The van der Waals surface area contributed by atoms with Crippen LogP contribution in [0.25, 0.3) is 10.2 Å². The molecular weight excluding hydrogens is 258 g/mol. The van der Waals surface area contributed by atoms with Gasteiger partial charge < -0.3 is 9.84 Å². The molecule has 4 heteroatoms. The number of aryl methyl sites for hydroxylation is 1. The van der Waals surface area contributed by atoms with E-state index in [0.29, 0.717) is 0 Å². The number of ether oxygens (including phenoxy) is 1. The van der Waals surface area contributed by atoms with Gasteiger partial charge in [0, 0.05) is 0 Å². The number of benzene rings is 1. The third kappa shape index (κ3) is 3.67. The summed E-state index contributed by atoms with van der Waals surface area (Å²) in [6.07, 6.45) is 2.33. The Morgan fingerprint density at radius 3 is 2.95 bits per heavy atom. The van der Waals surface area contributed by atoms with Gasteiger partial charge in [-0.05, 0) is 38.5 Å². The molecule has 3 nitrogen and oxygen atoms in total. The highest BCUT2D eigenvalue weighted by atomic mass is 32.1. The second-order valence-electron chi connectivity index (χ2n) is 4.89. The third-order valence-corrected chi connectivity index (χ3v) is 4.12. The molecule has 0 saturated carbocycles. The molecule has 2 unspecified atom stereocenters. The Labute approximate surface area is 118 Å². The quantitative estimate of drug-likeness (QED) is 0.871. The van der Waals surface area contributed by atoms with Crippen LogP contribution in [0.15, 0.2) is 18.2 Å². The molecule has 0 aliphatic heterocycles. The maximum absolute atomic E-state index is 9.99. The first-order chi connectivity index (χ1) is 9.10. The Hall–Kier alpha value is -1.13. The van der Waals surface area contributed by atoms with Crippen molar-refractivity contribution in [3.8, 4) is 5.75 Å². The molecule has 0 amide bonds. The minimum absolute atomic E-state index is 0.182. The number of aliphatic hydroxyl groups is 1. The molecule has 0 aliphatic carbocycles. The SMILES string of the molecule is CCCCC(O)C(C)Oc1ccc2nc(C)sc2c1. The summed E-state index contributed by atoms with van der Waals surface area (Å²) in [7, 11) is 0. The molecular formula is C15H21NO2S. The van der Waals surface area contributed by atoms with Crippen molar-refractivity contribution in [3.05, 3.63) is 23.2 Å². The first-order valence-corrected chi connectivity index (χ1v) is 7.63. The van der Waals surface area contributed by atoms with Crippen LogP contribution in [0.5, 0.6) is 5.75 Å². The van der Waals surface area contributed by atoms with Crippen LogP contribution in [-0.4, -0.2) is 22.3 Å². The van der Waals surface area contributed by atoms with Crippen LogP contribution in [-0.2, 0) is 0 Å². The van der Waals surface area contributed by atoms with E-state index in [9.17, 15) is 5.11 Å². The van der Waals surface area contributed by atoms with Crippen molar-refractivity contribution >= 4 is 21.6 Å². The lowest BCUT2D eigenvalue weighted by Gasteiger charge is -2.20. The van der Waals surface area contributed by atoms with Gasteiger partial charge in [0.1, 0.15) is 11.9 Å². The molecule has 0 radical (unpaired) electrons. The lowest BCUT2D eigenvalue weighted by molar-refractivity contribution is 0.0404. The average Bonchev–Trinajstić information content (AvgIpc) is 2.75. The first-order valence-electron chi connectivity index (χ1n) is 6.82. The highest BCUT2D eigenvalue weighted by Crippen LogP contribution is 2.26. The summed E-state index contributed by atoms with van der Waals surface area (Å²) in [4.78, 5) is 4.42. The molecule has 19 heavy (non-hydrogen) atoms. The molecule has 1 heterocycles. The fraction of sp³-hybridized carbons (Fsp3) is 0.533. The fourth-order valence-electron chi connectivity index (χ4n) is 2.03. The minimum Gasteiger partial charge on any atom is -0.488 e. The van der Waals surface area contributed by atoms with Gasteiger partial charge in [-0.15, -0.1) is 11.3 Å². The van der Waals surface area contributed by atoms with Gasteiger partial charge in [0.2, 0.25) is 0 Å². The zero-order valence-electron chi connectivity index (χ0n) is 11.7. The van der Waals surface area contributed by atoms with Crippen LogP contribution < -0.4 is 4.74 Å². The van der Waals surface area contributed by atoms with Gasteiger partial charge in [0.05, 0.1) is 21.3 Å². The standard InChI is InChI=1S/C15H21NO2S/c1-4-5-6-14(17)10(2)18-12-7-8-13-15(9-12)19-11(3)16-13/h7-10,14,17H,4-6H2,1-3H3. The number of hydrogen-bond acceptors (Lipinski definition) is 4. The molecule has 0 fully saturated rings. The van der Waals surface area contributed by atoms with Crippen LogP contribution in [0.1, 0.15) is 38.1 Å². The van der Waals surface area contributed by atoms with E-state index in [2.05, 4.69) is 11.9 Å². The molecule has 1 aromatic heterocycles. The number of fused-ring (bicyclic) bond motifs is 1. The Morgan fingerprint density at radius 1 is 1.42 bits per heavy atom. The zero-order chi connectivity index (χ0) is 13.8. The first kappa shape index (κ1) is 14.3. The molecule has 0 aliphatic rings. The van der Waals surface area contributed by atoms with Crippen molar-refractivity contribution in [2.75, 3.05) is 0 Å². The van der Waals surface area contributed by atoms with Crippen LogP contribution in [0.3, 0.4) is 0 Å². The maximum Gasteiger partial charge on any atom is 0.122 e. The zero-order valence-corrected chi connectivity index (χ0v) is 12.5. The second-order valence-corrected chi connectivity index (χ2v) is 6.13. The third-order valence-electron chi connectivity index (χ3n) is 3.18. The number of nitrogens with zero attached hydrogens (tertiary/aromatic N) is 1. The molecule has 0 bridgehead atoms. The number of hydrogen-bond donors (Lipinski definition) is 1. The highest BCUT2D eigenvalue weighted by molar-refractivity contribution is 7.18. The topological polar surface area (TPSA) is 42.4 Å². The number of aliphatic hydroxyl groups excluding tert-OH is 1. The van der Waals surface area contributed by atoms with Crippen molar-refractivity contribution in [2.24, 2.45) is 0 Å². The average molecular weight is 279 g/mol. The Morgan fingerprint density at radius 2 is 2.21 bits per heavy atom. The van der Waals surface area contributed by atoms with Gasteiger partial charge in [-0.3, -0.25) is 0 Å². The van der Waals surface area contributed by atoms with Gasteiger partial charge in [0.25, 0.3) is 0 Å². The van der Waals surface area contributed by atoms with Crippen molar-refractivity contribution in [3.63, 3.8) is 0 Å². The smallest absolute Gasteiger partial charge is 0.122 e. The van der Waals surface area contributed by atoms with Crippen molar-refractivity contribution in [2.45, 2.75) is 52.2 Å². The summed E-state index contributed by atoms with van der Waals surface area (Å²) in [5, 5.41) is 11.1. The van der Waals surface area contributed by atoms with Crippen LogP contribution in [0.4, 0.5) is 0 Å². The monoisotopic (exact) mass is 279 g/mol. The predicted molar refractivity (Wildman–Crippen MR) is 80.0 cm³/mol. The van der Waals surface area contributed by atoms with Crippen LogP contribution >= 0.6 is 11.3 Å². The van der Waals surface area contributed by atoms with Gasteiger partial charge in [-0.2, -0.15) is 0 Å². The molecule has 0 spiro atoms. The highest BCUT2D eigenvalue weighted by Gasteiger charge is 2.15. The molecule has 1 N–H and O–H groups in total. The van der Waals surface area contributed by atoms with E-state index in [1.807, 2.05) is 32.0 Å². The van der Waals surface area contributed by atoms with E-state index in [0.717, 1.165) is 40.2 Å². The largest absolute Gasteiger partial charge is 0.488 e. The molecule has 2 rings (SSSR count). The maximum atomic E-state index is 9.99. The molecule has 2 aromatic rings. The Bertz CT molecular complexity index is 538. The van der Waals surface area contributed by atoms with Gasteiger partial charge in [0.15, 0.2) is 0 Å². The van der Waals surface area contributed by atoms with Crippen LogP contribution in [0, 0.1) is 6.92 Å². The van der Waals surface area contributed by atoms with E-state index >= 15 is 0 Å². The molecule has 0 saturated heterocycles. The lowest BCUT2D eigenvalue weighted by Crippen LogP contribution is -2.28. The van der Waals surface area contributed by atoms with E-state index in [1.54, 1.807) is 11.3 Å². The number of unbranched alkanes of at least 4 members (excludes halogenated alkanes) is 1. The summed E-state index contributed by atoms with van der Waals surface area (Å²) in [5.74, 6) is 0.805.